The monoisotopic (exact) mass is 342 g/mol. The van der Waals surface area contributed by atoms with Crippen LogP contribution in [-0.2, 0) is 0 Å². The van der Waals surface area contributed by atoms with E-state index < -0.39 is 0 Å². The smallest absolute Gasteiger partial charge is 0.322 e. The van der Waals surface area contributed by atoms with Crippen LogP contribution in [0.1, 0.15) is 6.04 Å². The number of nitrogens with zero attached hydrogens (tertiary/aromatic N) is 5. The Morgan fingerprint density at radius 1 is 1.32 bits per heavy atom. The first-order valence-electron chi connectivity index (χ1n) is 8.08. The fraction of sp³-hybridized carbons (Fsp3) is 0.312. The van der Waals surface area contributed by atoms with Crippen molar-refractivity contribution in [2.45, 2.75) is 6.04 Å². The van der Waals surface area contributed by atoms with Crippen LogP contribution in [0.4, 0.5) is 20.9 Å². The van der Waals surface area contributed by atoms with Gasteiger partial charge in [0, 0.05) is 38.4 Å². The Kier molecular flexibility index (Phi) is 2.97. The summed E-state index contributed by atoms with van der Waals surface area (Å²) in [5.41, 5.74) is 1.88. The predicted octanol–water partition coefficient (Wildman–Crippen LogP) is 1.75. The molecular formula is C16H15FN6O2. The Balaban J connectivity index is 1.29. The van der Waals surface area contributed by atoms with Gasteiger partial charge in [-0.2, -0.15) is 10.1 Å². The van der Waals surface area contributed by atoms with Crippen molar-refractivity contribution >= 4 is 28.8 Å². The van der Waals surface area contributed by atoms with Crippen LogP contribution in [0.5, 0.6) is 0 Å². The first kappa shape index (κ1) is 14.3. The molecule has 2 saturated heterocycles. The maximum Gasteiger partial charge on any atom is 0.322 e. The first-order valence-corrected chi connectivity index (χ1v) is 8.08. The number of carbonyl (C=O) groups is 1. The van der Waals surface area contributed by atoms with Crippen molar-refractivity contribution in [1.29, 1.82) is 0 Å². The van der Waals surface area contributed by atoms with E-state index in [0.29, 0.717) is 43.3 Å². The SMILES string of the molecule is O=C1NCCN1c1cnn(C2CN(c3nc4ccc(F)cc4o3)C2)c1. The van der Waals surface area contributed by atoms with Gasteiger partial charge in [-0.1, -0.05) is 0 Å². The van der Waals surface area contributed by atoms with Crippen molar-refractivity contribution in [2.75, 3.05) is 36.0 Å². The fourth-order valence-electron chi connectivity index (χ4n) is 3.19. The maximum absolute atomic E-state index is 13.2. The normalized spacial score (nSPS) is 18.0. The molecule has 2 fully saturated rings. The van der Waals surface area contributed by atoms with E-state index in [4.69, 9.17) is 4.42 Å². The lowest BCUT2D eigenvalue weighted by molar-refractivity contribution is 0.252. The second kappa shape index (κ2) is 5.20. The topological polar surface area (TPSA) is 79.4 Å². The summed E-state index contributed by atoms with van der Waals surface area (Å²) in [5.74, 6) is -0.341. The van der Waals surface area contributed by atoms with Gasteiger partial charge in [0.25, 0.3) is 6.01 Å². The lowest BCUT2D eigenvalue weighted by Gasteiger charge is -2.37. The van der Waals surface area contributed by atoms with Gasteiger partial charge in [-0.3, -0.25) is 9.58 Å². The number of hydrogen-bond acceptors (Lipinski definition) is 5. The molecule has 0 radical (unpaired) electrons. The van der Waals surface area contributed by atoms with Crippen LogP contribution in [0, 0.1) is 5.82 Å². The molecule has 0 atom stereocenters. The molecule has 0 unspecified atom stereocenters. The number of oxazole rings is 1. The molecule has 2 aliphatic heterocycles. The molecule has 2 aromatic heterocycles. The van der Waals surface area contributed by atoms with Crippen molar-refractivity contribution in [3.05, 3.63) is 36.4 Å². The number of halogens is 1. The number of rotatable bonds is 3. The lowest BCUT2D eigenvalue weighted by atomic mass is 10.1. The third-order valence-electron chi connectivity index (χ3n) is 4.60. The van der Waals surface area contributed by atoms with Crippen molar-refractivity contribution in [1.82, 2.24) is 20.1 Å². The van der Waals surface area contributed by atoms with Crippen LogP contribution in [0.3, 0.4) is 0 Å². The minimum atomic E-state index is -0.341. The molecule has 0 bridgehead atoms. The molecule has 0 aliphatic carbocycles. The number of urea groups is 1. The molecular weight excluding hydrogens is 327 g/mol. The van der Waals surface area contributed by atoms with Crippen LogP contribution in [0.25, 0.3) is 11.1 Å². The van der Waals surface area contributed by atoms with Gasteiger partial charge in [0.15, 0.2) is 5.58 Å². The number of amides is 2. The molecule has 2 amide bonds. The number of hydrogen-bond donors (Lipinski definition) is 1. The molecule has 3 aromatic rings. The summed E-state index contributed by atoms with van der Waals surface area (Å²) in [6.07, 6.45) is 3.59. The molecule has 128 valence electrons. The molecule has 1 aromatic carbocycles. The highest BCUT2D eigenvalue weighted by molar-refractivity contribution is 5.93. The molecule has 4 heterocycles. The van der Waals surface area contributed by atoms with E-state index in [1.807, 2.05) is 15.8 Å². The van der Waals surface area contributed by atoms with Gasteiger partial charge in [0.2, 0.25) is 0 Å². The van der Waals surface area contributed by atoms with Gasteiger partial charge in [-0.15, -0.1) is 0 Å². The largest absolute Gasteiger partial charge is 0.423 e. The minimum absolute atomic E-state index is 0.0894. The minimum Gasteiger partial charge on any atom is -0.423 e. The van der Waals surface area contributed by atoms with Crippen LogP contribution in [-0.4, -0.2) is 47.0 Å². The second-order valence-corrected chi connectivity index (χ2v) is 6.23. The third-order valence-corrected chi connectivity index (χ3v) is 4.60. The molecule has 0 spiro atoms. The number of carbonyl (C=O) groups excluding carboxylic acids is 1. The Morgan fingerprint density at radius 2 is 2.20 bits per heavy atom. The second-order valence-electron chi connectivity index (χ2n) is 6.23. The van der Waals surface area contributed by atoms with E-state index in [1.54, 1.807) is 17.2 Å². The zero-order chi connectivity index (χ0) is 17.0. The third kappa shape index (κ3) is 2.31. The molecule has 2 aliphatic rings. The molecule has 25 heavy (non-hydrogen) atoms. The Bertz CT molecular complexity index is 961. The molecule has 8 nitrogen and oxygen atoms in total. The number of anilines is 2. The van der Waals surface area contributed by atoms with Gasteiger partial charge >= 0.3 is 6.03 Å². The molecule has 5 rings (SSSR count). The molecule has 9 heteroatoms. The Morgan fingerprint density at radius 3 is 3.00 bits per heavy atom. The summed E-state index contributed by atoms with van der Waals surface area (Å²) in [5, 5.41) is 7.14. The van der Waals surface area contributed by atoms with Gasteiger partial charge in [-0.25, -0.2) is 9.18 Å². The summed E-state index contributed by atoms with van der Waals surface area (Å²) < 4.78 is 20.7. The van der Waals surface area contributed by atoms with E-state index in [9.17, 15) is 9.18 Å². The van der Waals surface area contributed by atoms with Crippen molar-refractivity contribution < 1.29 is 13.6 Å². The maximum atomic E-state index is 13.2. The van der Waals surface area contributed by atoms with Gasteiger partial charge in [0.05, 0.1) is 17.9 Å². The average Bonchev–Trinajstić information content (AvgIpc) is 3.24. The number of benzene rings is 1. The quantitative estimate of drug-likeness (QED) is 0.784. The summed E-state index contributed by atoms with van der Waals surface area (Å²) in [7, 11) is 0. The van der Waals surface area contributed by atoms with Gasteiger partial charge in [0.1, 0.15) is 11.3 Å². The lowest BCUT2D eigenvalue weighted by Crippen LogP contribution is -2.48. The fourth-order valence-corrected chi connectivity index (χ4v) is 3.19. The van der Waals surface area contributed by atoms with E-state index in [0.717, 1.165) is 5.69 Å². The first-order chi connectivity index (χ1) is 12.2. The summed E-state index contributed by atoms with van der Waals surface area (Å²) in [4.78, 5) is 19.7. The number of aromatic nitrogens is 3. The van der Waals surface area contributed by atoms with Crippen LogP contribution < -0.4 is 15.1 Å². The van der Waals surface area contributed by atoms with E-state index >= 15 is 0 Å². The van der Waals surface area contributed by atoms with Crippen molar-refractivity contribution in [3.63, 3.8) is 0 Å². The van der Waals surface area contributed by atoms with Gasteiger partial charge in [-0.05, 0) is 12.1 Å². The standard InChI is InChI=1S/C16H15FN6O2/c17-10-1-2-13-14(5-10)25-16(20-13)21-7-12(8-21)23-9-11(6-19-23)22-4-3-18-15(22)24/h1-2,5-6,9,12H,3-4,7-8H2,(H,18,24). The summed E-state index contributed by atoms with van der Waals surface area (Å²) in [6.45, 7) is 2.70. The highest BCUT2D eigenvalue weighted by Gasteiger charge is 2.33. The number of nitrogens with one attached hydrogen (secondary N) is 1. The van der Waals surface area contributed by atoms with Crippen LogP contribution in [0.2, 0.25) is 0 Å². The van der Waals surface area contributed by atoms with Crippen molar-refractivity contribution in [2.24, 2.45) is 0 Å². The number of fused-ring (bicyclic) bond motifs is 1. The van der Waals surface area contributed by atoms with Crippen LogP contribution >= 0.6 is 0 Å². The summed E-state index contributed by atoms with van der Waals surface area (Å²) in [6, 6.07) is 4.90. The zero-order valence-corrected chi connectivity index (χ0v) is 13.2. The highest BCUT2D eigenvalue weighted by atomic mass is 19.1. The zero-order valence-electron chi connectivity index (χ0n) is 13.2. The van der Waals surface area contributed by atoms with E-state index in [1.165, 1.54) is 12.1 Å². The highest BCUT2D eigenvalue weighted by Crippen LogP contribution is 2.30. The molecule has 1 N–H and O–H groups in total. The van der Waals surface area contributed by atoms with Crippen LogP contribution in [0.15, 0.2) is 35.0 Å². The predicted molar refractivity (Wildman–Crippen MR) is 88.2 cm³/mol. The Hall–Kier alpha value is -3.10. The average molecular weight is 342 g/mol. The van der Waals surface area contributed by atoms with E-state index in [2.05, 4.69) is 15.4 Å². The Labute approximate surface area is 141 Å². The van der Waals surface area contributed by atoms with Crippen molar-refractivity contribution in [3.8, 4) is 0 Å². The van der Waals surface area contributed by atoms with Gasteiger partial charge < -0.3 is 14.6 Å². The summed E-state index contributed by atoms with van der Waals surface area (Å²) >= 11 is 0. The van der Waals surface area contributed by atoms with E-state index in [-0.39, 0.29) is 17.9 Å². The molecule has 0 saturated carbocycles.